The summed E-state index contributed by atoms with van der Waals surface area (Å²) in [6, 6.07) is 0. The topological polar surface area (TPSA) is 37.3 Å². The number of carboxylic acid groups (broad SMARTS) is 1. The van der Waals surface area contributed by atoms with Crippen LogP contribution in [0.1, 0.15) is 13.3 Å². The molecule has 0 aliphatic rings. The minimum Gasteiger partial charge on any atom is -0.480 e. The van der Waals surface area contributed by atoms with E-state index in [0.717, 1.165) is 0 Å². The summed E-state index contributed by atoms with van der Waals surface area (Å²) >= 11 is 0. The SMILES string of the molecule is C=CC(C=C)(CC)C(=O)O. The van der Waals surface area contributed by atoms with Crippen molar-refractivity contribution in [3.63, 3.8) is 0 Å². The van der Waals surface area contributed by atoms with Crippen molar-refractivity contribution in [2.75, 3.05) is 0 Å². The van der Waals surface area contributed by atoms with Gasteiger partial charge in [-0.1, -0.05) is 19.1 Å². The molecule has 10 heavy (non-hydrogen) atoms. The van der Waals surface area contributed by atoms with Crippen LogP contribution >= 0.6 is 0 Å². The minimum atomic E-state index is -0.931. The Balaban J connectivity index is 4.63. The van der Waals surface area contributed by atoms with Crippen LogP contribution in [0.4, 0.5) is 0 Å². The number of aliphatic carboxylic acids is 1. The van der Waals surface area contributed by atoms with Gasteiger partial charge >= 0.3 is 5.97 Å². The Hall–Kier alpha value is -1.05. The van der Waals surface area contributed by atoms with Gasteiger partial charge in [0.05, 0.1) is 0 Å². The van der Waals surface area contributed by atoms with E-state index in [-0.39, 0.29) is 0 Å². The highest BCUT2D eigenvalue weighted by atomic mass is 16.4. The Morgan fingerprint density at radius 2 is 2.00 bits per heavy atom. The van der Waals surface area contributed by atoms with E-state index in [1.165, 1.54) is 12.2 Å². The molecule has 0 amide bonds. The molecule has 2 nitrogen and oxygen atoms in total. The zero-order valence-electron chi connectivity index (χ0n) is 6.13. The van der Waals surface area contributed by atoms with E-state index in [0.29, 0.717) is 6.42 Å². The van der Waals surface area contributed by atoms with Gasteiger partial charge in [-0.2, -0.15) is 0 Å². The fourth-order valence-corrected chi connectivity index (χ4v) is 0.698. The quantitative estimate of drug-likeness (QED) is 0.605. The first-order valence-electron chi connectivity index (χ1n) is 3.13. The van der Waals surface area contributed by atoms with Crippen LogP contribution in [0.15, 0.2) is 25.3 Å². The van der Waals surface area contributed by atoms with E-state index in [9.17, 15) is 4.79 Å². The summed E-state index contributed by atoms with van der Waals surface area (Å²) in [4.78, 5) is 10.6. The molecule has 1 N–H and O–H groups in total. The summed E-state index contributed by atoms with van der Waals surface area (Å²) in [6.07, 6.45) is 3.31. The van der Waals surface area contributed by atoms with Crippen molar-refractivity contribution in [1.29, 1.82) is 0 Å². The molecule has 56 valence electrons. The van der Waals surface area contributed by atoms with Crippen LogP contribution in [-0.4, -0.2) is 11.1 Å². The Morgan fingerprint density at radius 1 is 1.60 bits per heavy atom. The third kappa shape index (κ3) is 1.26. The lowest BCUT2D eigenvalue weighted by Gasteiger charge is -2.18. The largest absolute Gasteiger partial charge is 0.480 e. The van der Waals surface area contributed by atoms with Gasteiger partial charge in [-0.3, -0.25) is 4.79 Å². The third-order valence-corrected chi connectivity index (χ3v) is 1.71. The van der Waals surface area contributed by atoms with Crippen molar-refractivity contribution in [2.24, 2.45) is 5.41 Å². The second-order valence-corrected chi connectivity index (χ2v) is 2.11. The highest BCUT2D eigenvalue weighted by molar-refractivity contribution is 5.79. The Morgan fingerprint density at radius 3 is 2.00 bits per heavy atom. The molecule has 0 spiro atoms. The zero-order valence-corrected chi connectivity index (χ0v) is 6.13. The van der Waals surface area contributed by atoms with Gasteiger partial charge in [0.1, 0.15) is 5.41 Å². The van der Waals surface area contributed by atoms with E-state index >= 15 is 0 Å². The lowest BCUT2D eigenvalue weighted by Crippen LogP contribution is -2.24. The Labute approximate surface area is 60.9 Å². The van der Waals surface area contributed by atoms with E-state index in [2.05, 4.69) is 13.2 Å². The van der Waals surface area contributed by atoms with Crippen molar-refractivity contribution in [2.45, 2.75) is 13.3 Å². The smallest absolute Gasteiger partial charge is 0.317 e. The van der Waals surface area contributed by atoms with Crippen LogP contribution in [0.2, 0.25) is 0 Å². The van der Waals surface area contributed by atoms with Crippen molar-refractivity contribution >= 4 is 5.97 Å². The van der Waals surface area contributed by atoms with Crippen LogP contribution in [-0.2, 0) is 4.79 Å². The average molecular weight is 140 g/mol. The summed E-state index contributed by atoms with van der Waals surface area (Å²) < 4.78 is 0. The molecule has 0 saturated carbocycles. The van der Waals surface area contributed by atoms with E-state index in [1.807, 2.05) is 0 Å². The molecule has 0 aromatic heterocycles. The van der Waals surface area contributed by atoms with E-state index in [1.54, 1.807) is 6.92 Å². The van der Waals surface area contributed by atoms with Gasteiger partial charge in [0.25, 0.3) is 0 Å². The van der Waals surface area contributed by atoms with Gasteiger partial charge < -0.3 is 5.11 Å². The van der Waals surface area contributed by atoms with Gasteiger partial charge in [-0.15, -0.1) is 13.2 Å². The van der Waals surface area contributed by atoms with Crippen molar-refractivity contribution in [3.05, 3.63) is 25.3 Å². The number of hydrogen-bond acceptors (Lipinski definition) is 1. The van der Waals surface area contributed by atoms with E-state index in [4.69, 9.17) is 5.11 Å². The summed E-state index contributed by atoms with van der Waals surface area (Å²) in [5.74, 6) is -0.889. The van der Waals surface area contributed by atoms with Gasteiger partial charge in [-0.25, -0.2) is 0 Å². The molecule has 0 fully saturated rings. The van der Waals surface area contributed by atoms with Gasteiger partial charge in [0.15, 0.2) is 0 Å². The molecule has 0 aromatic carbocycles. The summed E-state index contributed by atoms with van der Waals surface area (Å²) in [5.41, 5.74) is -0.931. The van der Waals surface area contributed by atoms with Crippen LogP contribution in [0.5, 0.6) is 0 Å². The van der Waals surface area contributed by atoms with Crippen LogP contribution in [0.3, 0.4) is 0 Å². The van der Waals surface area contributed by atoms with E-state index < -0.39 is 11.4 Å². The number of rotatable bonds is 4. The Kier molecular flexibility index (Phi) is 2.87. The van der Waals surface area contributed by atoms with Crippen LogP contribution < -0.4 is 0 Å². The predicted molar refractivity (Wildman–Crippen MR) is 40.8 cm³/mol. The highest BCUT2D eigenvalue weighted by Crippen LogP contribution is 2.24. The molecule has 0 atom stereocenters. The monoisotopic (exact) mass is 140 g/mol. The first-order chi connectivity index (χ1) is 4.63. The molecule has 0 unspecified atom stereocenters. The third-order valence-electron chi connectivity index (χ3n) is 1.71. The van der Waals surface area contributed by atoms with Crippen LogP contribution in [0, 0.1) is 5.41 Å². The second kappa shape index (κ2) is 3.20. The van der Waals surface area contributed by atoms with Crippen molar-refractivity contribution < 1.29 is 9.90 Å². The molecular formula is C8H12O2. The molecule has 0 aromatic rings. The van der Waals surface area contributed by atoms with Crippen molar-refractivity contribution in [3.8, 4) is 0 Å². The maximum atomic E-state index is 10.6. The molecule has 0 saturated heterocycles. The first-order valence-corrected chi connectivity index (χ1v) is 3.13. The Bertz CT molecular complexity index is 151. The fraction of sp³-hybridized carbons (Fsp3) is 0.375. The number of carbonyl (C=O) groups is 1. The molecule has 0 aliphatic carbocycles. The second-order valence-electron chi connectivity index (χ2n) is 2.11. The normalized spacial score (nSPS) is 10.5. The minimum absolute atomic E-state index is 0.495. The summed E-state index contributed by atoms with van der Waals surface area (Å²) in [7, 11) is 0. The van der Waals surface area contributed by atoms with Gasteiger partial charge in [-0.05, 0) is 6.42 Å². The molecule has 0 rings (SSSR count). The maximum Gasteiger partial charge on any atom is 0.317 e. The lowest BCUT2D eigenvalue weighted by molar-refractivity contribution is -0.143. The highest BCUT2D eigenvalue weighted by Gasteiger charge is 2.28. The molecule has 0 aliphatic heterocycles. The van der Waals surface area contributed by atoms with Crippen LogP contribution in [0.25, 0.3) is 0 Å². The maximum absolute atomic E-state index is 10.6. The molecule has 0 heterocycles. The van der Waals surface area contributed by atoms with Gasteiger partial charge in [0.2, 0.25) is 0 Å². The molecular weight excluding hydrogens is 128 g/mol. The zero-order chi connectivity index (χ0) is 8.20. The average Bonchev–Trinajstić information content (AvgIpc) is 1.92. The standard InChI is InChI=1S/C8H12O2/c1-4-8(5-2,6-3)7(9)10/h4-5H,1-2,6H2,3H3,(H,9,10). The number of hydrogen-bond donors (Lipinski definition) is 1. The lowest BCUT2D eigenvalue weighted by atomic mass is 9.86. The number of carboxylic acids is 1. The van der Waals surface area contributed by atoms with Gasteiger partial charge in [0, 0.05) is 0 Å². The summed E-state index contributed by atoms with van der Waals surface area (Å²) in [5, 5.41) is 8.68. The predicted octanol–water partition coefficient (Wildman–Crippen LogP) is 1.84. The summed E-state index contributed by atoms with van der Waals surface area (Å²) in [6.45, 7) is 8.68. The fourth-order valence-electron chi connectivity index (χ4n) is 0.698. The molecule has 2 heteroatoms. The van der Waals surface area contributed by atoms with Crippen molar-refractivity contribution in [1.82, 2.24) is 0 Å². The first kappa shape index (κ1) is 8.95. The molecule has 0 radical (unpaired) electrons. The molecule has 0 bridgehead atoms.